The third-order valence-electron chi connectivity index (χ3n) is 3.54. The molecule has 3 aromatic rings. The summed E-state index contributed by atoms with van der Waals surface area (Å²) < 4.78 is 5.73. The van der Waals surface area contributed by atoms with Crippen LogP contribution < -0.4 is 4.74 Å². The first kappa shape index (κ1) is 15.3. The molecule has 0 aromatic heterocycles. The summed E-state index contributed by atoms with van der Waals surface area (Å²) in [6, 6.07) is 22.0. The fourth-order valence-electron chi connectivity index (χ4n) is 2.36. The summed E-state index contributed by atoms with van der Waals surface area (Å²) in [7, 11) is 0. The van der Waals surface area contributed by atoms with Crippen LogP contribution in [0.5, 0.6) is 11.5 Å². The average Bonchev–Trinajstić information content (AvgIpc) is 2.56. The highest BCUT2D eigenvalue weighted by Crippen LogP contribution is 2.25. The largest absolute Gasteiger partial charge is 0.457 e. The van der Waals surface area contributed by atoms with Gasteiger partial charge >= 0.3 is 0 Å². The van der Waals surface area contributed by atoms with Crippen molar-refractivity contribution in [1.82, 2.24) is 0 Å². The first-order chi connectivity index (χ1) is 11.1. The van der Waals surface area contributed by atoms with Gasteiger partial charge in [0, 0.05) is 11.1 Å². The molecule has 0 fully saturated rings. The van der Waals surface area contributed by atoms with Crippen molar-refractivity contribution in [2.75, 3.05) is 0 Å². The lowest BCUT2D eigenvalue weighted by atomic mass is 9.99. The number of carbonyl (C=O) groups excluding carboxylic acids is 1. The Morgan fingerprint density at radius 2 is 1.48 bits per heavy atom. The van der Waals surface area contributed by atoms with E-state index in [1.54, 1.807) is 30.3 Å². The lowest BCUT2D eigenvalue weighted by Crippen LogP contribution is -2.04. The zero-order chi connectivity index (χ0) is 16.2. The molecular weight excluding hydrogens is 308 g/mol. The van der Waals surface area contributed by atoms with E-state index in [4.69, 9.17) is 16.3 Å². The van der Waals surface area contributed by atoms with Crippen molar-refractivity contribution in [3.8, 4) is 11.5 Å². The van der Waals surface area contributed by atoms with Crippen LogP contribution in [0.25, 0.3) is 0 Å². The third-order valence-corrected chi connectivity index (χ3v) is 3.86. The molecule has 3 rings (SSSR count). The molecule has 23 heavy (non-hydrogen) atoms. The van der Waals surface area contributed by atoms with Crippen molar-refractivity contribution < 1.29 is 9.53 Å². The number of benzene rings is 3. The van der Waals surface area contributed by atoms with Crippen LogP contribution in [-0.4, -0.2) is 5.78 Å². The van der Waals surface area contributed by atoms with E-state index >= 15 is 0 Å². The molecule has 0 aliphatic heterocycles. The highest BCUT2D eigenvalue weighted by Gasteiger charge is 2.15. The maximum atomic E-state index is 12.6. The van der Waals surface area contributed by atoms with E-state index in [2.05, 4.69) is 0 Å². The van der Waals surface area contributed by atoms with Gasteiger partial charge in [-0.25, -0.2) is 0 Å². The molecule has 0 spiro atoms. The molecule has 2 nitrogen and oxygen atoms in total. The quantitative estimate of drug-likeness (QED) is 0.578. The van der Waals surface area contributed by atoms with E-state index in [-0.39, 0.29) is 5.78 Å². The molecule has 3 aromatic carbocycles. The summed E-state index contributed by atoms with van der Waals surface area (Å²) in [5.74, 6) is 1.36. The van der Waals surface area contributed by atoms with Gasteiger partial charge in [0.1, 0.15) is 11.5 Å². The number of hydrogen-bond acceptors (Lipinski definition) is 2. The smallest absolute Gasteiger partial charge is 0.194 e. The number of ether oxygens (including phenoxy) is 1. The highest BCUT2D eigenvalue weighted by molar-refractivity contribution is 6.35. The molecule has 0 amide bonds. The Bertz CT molecular complexity index is 804. The molecule has 0 saturated heterocycles. The SMILES string of the molecule is Cc1cccc(Cl)c1C(=O)c1ccc(Oc2ccccc2)cc1. The van der Waals surface area contributed by atoms with Gasteiger partial charge in [-0.2, -0.15) is 0 Å². The molecule has 3 heteroatoms. The summed E-state index contributed by atoms with van der Waals surface area (Å²) in [5, 5.41) is 0.472. The van der Waals surface area contributed by atoms with Crippen LogP contribution in [-0.2, 0) is 0 Å². The normalized spacial score (nSPS) is 10.3. The van der Waals surface area contributed by atoms with Gasteiger partial charge in [0.15, 0.2) is 5.78 Å². The molecule has 0 bridgehead atoms. The molecule has 0 heterocycles. The highest BCUT2D eigenvalue weighted by atomic mass is 35.5. The third kappa shape index (κ3) is 3.43. The van der Waals surface area contributed by atoms with Gasteiger partial charge in [0.25, 0.3) is 0 Å². The summed E-state index contributed by atoms with van der Waals surface area (Å²) in [6.45, 7) is 1.88. The minimum Gasteiger partial charge on any atom is -0.457 e. The zero-order valence-corrected chi connectivity index (χ0v) is 13.4. The Morgan fingerprint density at radius 1 is 0.826 bits per heavy atom. The van der Waals surface area contributed by atoms with Crippen LogP contribution in [0.1, 0.15) is 21.5 Å². The predicted octanol–water partition coefficient (Wildman–Crippen LogP) is 5.67. The summed E-state index contributed by atoms with van der Waals surface area (Å²) in [5.41, 5.74) is 2.00. The lowest BCUT2D eigenvalue weighted by Gasteiger charge is -2.09. The number of para-hydroxylation sites is 1. The van der Waals surface area contributed by atoms with Crippen LogP contribution in [0.2, 0.25) is 5.02 Å². The Hall–Kier alpha value is -2.58. The molecule has 0 aliphatic carbocycles. The molecule has 0 unspecified atom stereocenters. The number of ketones is 1. The first-order valence-electron chi connectivity index (χ1n) is 7.28. The Kier molecular flexibility index (Phi) is 4.45. The average molecular weight is 323 g/mol. The fraction of sp³-hybridized carbons (Fsp3) is 0.0500. The van der Waals surface area contributed by atoms with Crippen LogP contribution in [0.3, 0.4) is 0 Å². The zero-order valence-electron chi connectivity index (χ0n) is 12.6. The maximum absolute atomic E-state index is 12.6. The Labute approximate surface area is 140 Å². The van der Waals surface area contributed by atoms with Crippen molar-refractivity contribution in [3.63, 3.8) is 0 Å². The Balaban J connectivity index is 1.83. The van der Waals surface area contributed by atoms with E-state index in [9.17, 15) is 4.79 Å². The Morgan fingerprint density at radius 3 is 2.13 bits per heavy atom. The molecular formula is C20H15ClO2. The van der Waals surface area contributed by atoms with Gasteiger partial charge in [-0.3, -0.25) is 4.79 Å². The van der Waals surface area contributed by atoms with Crippen LogP contribution in [0, 0.1) is 6.92 Å². The second kappa shape index (κ2) is 6.67. The summed E-state index contributed by atoms with van der Waals surface area (Å²) in [4.78, 5) is 12.6. The van der Waals surface area contributed by atoms with Gasteiger partial charge in [-0.05, 0) is 55.0 Å². The van der Waals surface area contributed by atoms with Crippen molar-refractivity contribution in [1.29, 1.82) is 0 Å². The standard InChI is InChI=1S/C20H15ClO2/c1-14-6-5-9-18(21)19(14)20(22)15-10-12-17(13-11-15)23-16-7-3-2-4-8-16/h2-13H,1H3. The van der Waals surface area contributed by atoms with E-state index < -0.39 is 0 Å². The molecule has 0 N–H and O–H groups in total. The molecule has 0 aliphatic rings. The van der Waals surface area contributed by atoms with Crippen molar-refractivity contribution in [2.45, 2.75) is 6.92 Å². The first-order valence-corrected chi connectivity index (χ1v) is 7.66. The molecule has 0 radical (unpaired) electrons. The van der Waals surface area contributed by atoms with Crippen molar-refractivity contribution in [3.05, 3.63) is 94.5 Å². The van der Waals surface area contributed by atoms with E-state index in [1.807, 2.05) is 49.4 Å². The van der Waals surface area contributed by atoms with Crippen LogP contribution in [0.4, 0.5) is 0 Å². The number of rotatable bonds is 4. The second-order valence-electron chi connectivity index (χ2n) is 5.20. The van der Waals surface area contributed by atoms with Gasteiger partial charge in [-0.15, -0.1) is 0 Å². The molecule has 0 atom stereocenters. The minimum absolute atomic E-state index is 0.0839. The monoisotopic (exact) mass is 322 g/mol. The van der Waals surface area contributed by atoms with Crippen molar-refractivity contribution in [2.24, 2.45) is 0 Å². The fourth-order valence-corrected chi connectivity index (χ4v) is 2.67. The van der Waals surface area contributed by atoms with Gasteiger partial charge < -0.3 is 4.74 Å². The van der Waals surface area contributed by atoms with Gasteiger partial charge in [0.05, 0.1) is 5.02 Å². The van der Waals surface area contributed by atoms with Crippen molar-refractivity contribution >= 4 is 17.4 Å². The number of aryl methyl sites for hydroxylation is 1. The summed E-state index contributed by atoms with van der Waals surface area (Å²) >= 11 is 6.17. The summed E-state index contributed by atoms with van der Waals surface area (Å²) in [6.07, 6.45) is 0. The number of carbonyl (C=O) groups is 1. The maximum Gasteiger partial charge on any atom is 0.194 e. The van der Waals surface area contributed by atoms with Gasteiger partial charge in [-0.1, -0.05) is 41.9 Å². The lowest BCUT2D eigenvalue weighted by molar-refractivity contribution is 0.103. The van der Waals surface area contributed by atoms with Crippen LogP contribution >= 0.6 is 11.6 Å². The second-order valence-corrected chi connectivity index (χ2v) is 5.61. The van der Waals surface area contributed by atoms with Crippen LogP contribution in [0.15, 0.2) is 72.8 Å². The number of hydrogen-bond donors (Lipinski definition) is 0. The molecule has 0 saturated carbocycles. The topological polar surface area (TPSA) is 26.3 Å². The molecule has 114 valence electrons. The van der Waals surface area contributed by atoms with E-state index in [1.165, 1.54) is 0 Å². The number of halogens is 1. The predicted molar refractivity (Wildman–Crippen MR) is 92.6 cm³/mol. The van der Waals surface area contributed by atoms with E-state index in [0.29, 0.717) is 21.9 Å². The van der Waals surface area contributed by atoms with Gasteiger partial charge in [0.2, 0.25) is 0 Å². The minimum atomic E-state index is -0.0839. The van der Waals surface area contributed by atoms with E-state index in [0.717, 1.165) is 11.3 Å².